The molecule has 0 bridgehead atoms. The number of imidazole rings is 1. The first-order valence-electron chi connectivity index (χ1n) is 6.82. The smallest absolute Gasteiger partial charge is 0.292 e. The molecule has 1 aromatic heterocycles. The molecular weight excluding hydrogens is 292 g/mol. The Kier molecular flexibility index (Phi) is 5.16. The third-order valence-electron chi connectivity index (χ3n) is 3.10. The fourth-order valence-electron chi connectivity index (χ4n) is 1.99. The predicted octanol–water partition coefficient (Wildman–Crippen LogP) is 3.93. The van der Waals surface area contributed by atoms with E-state index in [-0.39, 0.29) is 5.69 Å². The molecule has 2 N–H and O–H groups in total. The van der Waals surface area contributed by atoms with Gasteiger partial charge in [-0.15, -0.1) is 0 Å². The number of anilines is 1. The third kappa shape index (κ3) is 3.95. The summed E-state index contributed by atoms with van der Waals surface area (Å²) in [4.78, 5) is 17.9. The minimum absolute atomic E-state index is 0.0411. The summed E-state index contributed by atoms with van der Waals surface area (Å²) in [6, 6.07) is 6.51. The van der Waals surface area contributed by atoms with Gasteiger partial charge >= 0.3 is 0 Å². The topological polar surface area (TPSA) is 83.8 Å². The molecule has 0 aliphatic heterocycles. The molecule has 0 spiro atoms. The van der Waals surface area contributed by atoms with Gasteiger partial charge in [0.1, 0.15) is 11.5 Å². The number of nitro benzene ring substituents is 1. The molecule has 0 atom stereocenters. The van der Waals surface area contributed by atoms with Crippen LogP contribution in [-0.4, -0.2) is 14.9 Å². The molecule has 0 aliphatic rings. The Labute approximate surface area is 127 Å². The van der Waals surface area contributed by atoms with Crippen LogP contribution in [0.15, 0.2) is 24.3 Å². The molecule has 6 nitrogen and oxygen atoms in total. The molecule has 2 aromatic rings. The standard InChI is InChI=1S/C14H17ClN4O2/c1-2-3-8-13-17-11(14(15)18-13)9-16-10-6-4-5-7-12(10)19(20)21/h4-7,16H,2-3,8-9H2,1H3,(H,17,18). The van der Waals surface area contributed by atoms with Crippen LogP contribution in [0.2, 0.25) is 5.15 Å². The number of hydrogen-bond acceptors (Lipinski definition) is 4. The molecule has 0 saturated heterocycles. The monoisotopic (exact) mass is 308 g/mol. The van der Waals surface area contributed by atoms with Crippen molar-refractivity contribution < 1.29 is 4.92 Å². The van der Waals surface area contributed by atoms with Gasteiger partial charge in [-0.05, 0) is 12.5 Å². The molecule has 0 fully saturated rings. The van der Waals surface area contributed by atoms with Crippen LogP contribution < -0.4 is 5.32 Å². The zero-order chi connectivity index (χ0) is 15.2. The van der Waals surface area contributed by atoms with Gasteiger partial charge in [0.05, 0.1) is 17.2 Å². The van der Waals surface area contributed by atoms with Crippen LogP contribution >= 0.6 is 11.6 Å². The summed E-state index contributed by atoms with van der Waals surface area (Å²) >= 11 is 6.08. The molecule has 2 rings (SSSR count). The Morgan fingerprint density at radius 3 is 2.90 bits per heavy atom. The first-order valence-corrected chi connectivity index (χ1v) is 7.20. The highest BCUT2D eigenvalue weighted by Crippen LogP contribution is 2.24. The summed E-state index contributed by atoms with van der Waals surface area (Å²) < 4.78 is 0. The van der Waals surface area contributed by atoms with E-state index in [1.165, 1.54) is 6.07 Å². The number of halogens is 1. The first kappa shape index (κ1) is 15.3. The van der Waals surface area contributed by atoms with Gasteiger partial charge < -0.3 is 10.3 Å². The predicted molar refractivity (Wildman–Crippen MR) is 82.6 cm³/mol. The van der Waals surface area contributed by atoms with Gasteiger partial charge in [0, 0.05) is 12.5 Å². The van der Waals surface area contributed by atoms with Gasteiger partial charge in [0.2, 0.25) is 0 Å². The van der Waals surface area contributed by atoms with Crippen molar-refractivity contribution in [3.05, 3.63) is 51.1 Å². The minimum Gasteiger partial charge on any atom is -0.374 e. The molecular formula is C14H17ClN4O2. The number of aromatic amines is 1. The lowest BCUT2D eigenvalue weighted by Gasteiger charge is -2.05. The van der Waals surface area contributed by atoms with Crippen LogP contribution in [0.5, 0.6) is 0 Å². The zero-order valence-electron chi connectivity index (χ0n) is 11.7. The van der Waals surface area contributed by atoms with E-state index in [4.69, 9.17) is 11.6 Å². The number of nitro groups is 1. The minimum atomic E-state index is -0.413. The molecule has 1 aromatic carbocycles. The van der Waals surface area contributed by atoms with E-state index in [0.717, 1.165) is 30.8 Å². The second-order valence-electron chi connectivity index (χ2n) is 4.68. The number of para-hydroxylation sites is 2. The highest BCUT2D eigenvalue weighted by Gasteiger charge is 2.13. The van der Waals surface area contributed by atoms with Crippen LogP contribution in [0.25, 0.3) is 0 Å². The number of H-pyrrole nitrogens is 1. The van der Waals surface area contributed by atoms with Crippen LogP contribution in [0.1, 0.15) is 31.3 Å². The number of nitrogens with zero attached hydrogens (tertiary/aromatic N) is 2. The van der Waals surface area contributed by atoms with E-state index in [2.05, 4.69) is 22.2 Å². The first-order chi connectivity index (χ1) is 10.1. The number of rotatable bonds is 7. The van der Waals surface area contributed by atoms with Gasteiger partial charge in [-0.1, -0.05) is 37.1 Å². The van der Waals surface area contributed by atoms with Gasteiger partial charge in [-0.2, -0.15) is 0 Å². The lowest BCUT2D eigenvalue weighted by atomic mass is 10.2. The van der Waals surface area contributed by atoms with Gasteiger partial charge in [0.25, 0.3) is 5.69 Å². The zero-order valence-corrected chi connectivity index (χ0v) is 12.5. The van der Waals surface area contributed by atoms with E-state index in [1.54, 1.807) is 18.2 Å². The Morgan fingerprint density at radius 2 is 2.19 bits per heavy atom. The lowest BCUT2D eigenvalue weighted by molar-refractivity contribution is -0.384. The molecule has 7 heteroatoms. The fourth-order valence-corrected chi connectivity index (χ4v) is 2.20. The van der Waals surface area contributed by atoms with E-state index in [1.807, 2.05) is 0 Å². The van der Waals surface area contributed by atoms with Gasteiger partial charge in [0.15, 0.2) is 5.15 Å². The van der Waals surface area contributed by atoms with Crippen molar-refractivity contribution >= 4 is 23.0 Å². The number of benzene rings is 1. The summed E-state index contributed by atoms with van der Waals surface area (Å²) in [7, 11) is 0. The Balaban J connectivity index is 2.06. The molecule has 0 amide bonds. The Bertz CT molecular complexity index is 627. The second kappa shape index (κ2) is 7.08. The maximum Gasteiger partial charge on any atom is 0.292 e. The van der Waals surface area contributed by atoms with Gasteiger partial charge in [-0.25, -0.2) is 4.98 Å². The summed E-state index contributed by atoms with van der Waals surface area (Å²) in [5, 5.41) is 14.4. The highest BCUT2D eigenvalue weighted by atomic mass is 35.5. The maximum absolute atomic E-state index is 10.9. The Morgan fingerprint density at radius 1 is 1.43 bits per heavy atom. The largest absolute Gasteiger partial charge is 0.374 e. The van der Waals surface area contributed by atoms with E-state index < -0.39 is 4.92 Å². The van der Waals surface area contributed by atoms with Crippen molar-refractivity contribution in [1.82, 2.24) is 9.97 Å². The lowest BCUT2D eigenvalue weighted by Crippen LogP contribution is -2.03. The van der Waals surface area contributed by atoms with E-state index >= 15 is 0 Å². The SMILES string of the molecule is CCCCc1nc(Cl)c(CNc2ccccc2[N+](=O)[O-])[nH]1. The summed E-state index contributed by atoms with van der Waals surface area (Å²) in [5.74, 6) is 0.848. The molecule has 0 radical (unpaired) electrons. The molecule has 21 heavy (non-hydrogen) atoms. The number of hydrogen-bond donors (Lipinski definition) is 2. The van der Waals surface area contributed by atoms with Crippen molar-refractivity contribution in [1.29, 1.82) is 0 Å². The maximum atomic E-state index is 10.9. The highest BCUT2D eigenvalue weighted by molar-refractivity contribution is 6.30. The van der Waals surface area contributed by atoms with E-state index in [9.17, 15) is 10.1 Å². The van der Waals surface area contributed by atoms with Crippen molar-refractivity contribution in [2.75, 3.05) is 5.32 Å². The van der Waals surface area contributed by atoms with Crippen LogP contribution in [0.4, 0.5) is 11.4 Å². The fraction of sp³-hybridized carbons (Fsp3) is 0.357. The van der Waals surface area contributed by atoms with Crippen molar-refractivity contribution in [2.24, 2.45) is 0 Å². The van der Waals surface area contributed by atoms with Gasteiger partial charge in [-0.3, -0.25) is 10.1 Å². The molecule has 0 aliphatic carbocycles. The Hall–Kier alpha value is -2.08. The second-order valence-corrected chi connectivity index (χ2v) is 5.04. The number of nitrogens with one attached hydrogen (secondary N) is 2. The number of aryl methyl sites for hydroxylation is 1. The molecule has 0 saturated carbocycles. The average Bonchev–Trinajstić information content (AvgIpc) is 2.83. The normalized spacial score (nSPS) is 10.6. The van der Waals surface area contributed by atoms with Crippen LogP contribution in [0.3, 0.4) is 0 Å². The van der Waals surface area contributed by atoms with Crippen molar-refractivity contribution in [3.8, 4) is 0 Å². The average molecular weight is 309 g/mol. The van der Waals surface area contributed by atoms with Crippen molar-refractivity contribution in [2.45, 2.75) is 32.7 Å². The molecule has 1 heterocycles. The molecule has 0 unspecified atom stereocenters. The van der Waals surface area contributed by atoms with E-state index in [0.29, 0.717) is 17.4 Å². The summed E-state index contributed by atoms with van der Waals surface area (Å²) in [6.07, 6.45) is 2.98. The van der Waals surface area contributed by atoms with Crippen LogP contribution in [0, 0.1) is 10.1 Å². The number of aromatic nitrogens is 2. The summed E-state index contributed by atoms with van der Waals surface area (Å²) in [6.45, 7) is 2.48. The summed E-state index contributed by atoms with van der Waals surface area (Å²) in [5.41, 5.74) is 1.24. The third-order valence-corrected chi connectivity index (χ3v) is 3.41. The van der Waals surface area contributed by atoms with Crippen LogP contribution in [-0.2, 0) is 13.0 Å². The van der Waals surface area contributed by atoms with Crippen molar-refractivity contribution in [3.63, 3.8) is 0 Å². The number of unbranched alkanes of at least 4 members (excludes halogenated alkanes) is 1. The quantitative estimate of drug-likeness (QED) is 0.599. The molecule has 112 valence electrons.